The number of carbonyl (C=O) groups is 1. The highest BCUT2D eigenvalue weighted by atomic mass is 35.5. The van der Waals surface area contributed by atoms with E-state index < -0.39 is 9.84 Å². The van der Waals surface area contributed by atoms with Crippen LogP contribution in [0.25, 0.3) is 0 Å². The molecule has 0 radical (unpaired) electrons. The Hall–Kier alpha value is -3.41. The molecule has 0 aliphatic carbocycles. The zero-order valence-electron chi connectivity index (χ0n) is 20.8. The average molecular weight is 545 g/mol. The van der Waals surface area contributed by atoms with Crippen LogP contribution >= 0.6 is 11.6 Å². The molecule has 2 heterocycles. The first kappa shape index (κ1) is 26.6. The van der Waals surface area contributed by atoms with Crippen LogP contribution in [0.4, 0.5) is 28.8 Å². The van der Waals surface area contributed by atoms with Crippen molar-refractivity contribution in [3.05, 3.63) is 53.2 Å². The summed E-state index contributed by atoms with van der Waals surface area (Å²) in [4.78, 5) is 23.3. The van der Waals surface area contributed by atoms with Gasteiger partial charge in [-0.15, -0.1) is 0 Å². The number of benzene rings is 2. The first-order valence-electron chi connectivity index (χ1n) is 11.9. The highest BCUT2D eigenvalue weighted by molar-refractivity contribution is 7.91. The number of fused-ring (bicyclic) bond motifs is 1. The Morgan fingerprint density at radius 3 is 2.65 bits per heavy atom. The molecule has 196 valence electrons. The number of sulfone groups is 1. The largest absolute Gasteiger partial charge is 0.495 e. The quantitative estimate of drug-likeness (QED) is 0.354. The van der Waals surface area contributed by atoms with Gasteiger partial charge in [0.2, 0.25) is 11.9 Å². The van der Waals surface area contributed by atoms with Crippen molar-refractivity contribution in [3.63, 3.8) is 0 Å². The van der Waals surface area contributed by atoms with Crippen LogP contribution in [-0.2, 0) is 21.2 Å². The Kier molecular flexibility index (Phi) is 8.16. The molecular formula is C25H29ClN6O4S. The van der Waals surface area contributed by atoms with Crippen LogP contribution in [0.3, 0.4) is 0 Å². The third-order valence-electron chi connectivity index (χ3n) is 5.85. The number of anilines is 5. The lowest BCUT2D eigenvalue weighted by Gasteiger charge is -2.18. The van der Waals surface area contributed by atoms with Gasteiger partial charge in [0.05, 0.1) is 41.9 Å². The summed E-state index contributed by atoms with van der Waals surface area (Å²) in [7, 11) is -1.92. The minimum absolute atomic E-state index is 0.0285. The molecule has 0 bridgehead atoms. The summed E-state index contributed by atoms with van der Waals surface area (Å²) in [5, 5.41) is 9.32. The molecule has 0 fully saturated rings. The molecule has 3 N–H and O–H groups in total. The van der Waals surface area contributed by atoms with Crippen molar-refractivity contribution >= 4 is 56.2 Å². The molecule has 10 nitrogen and oxygen atoms in total. The van der Waals surface area contributed by atoms with E-state index in [2.05, 4.69) is 25.9 Å². The molecule has 0 unspecified atom stereocenters. The van der Waals surface area contributed by atoms with Crippen molar-refractivity contribution in [3.8, 4) is 5.75 Å². The topological polar surface area (TPSA) is 126 Å². The normalized spacial score (nSPS) is 13.9. The van der Waals surface area contributed by atoms with Crippen molar-refractivity contribution < 1.29 is 17.9 Å². The molecule has 1 aromatic heterocycles. The first-order chi connectivity index (χ1) is 17.7. The van der Waals surface area contributed by atoms with Gasteiger partial charge in [-0.3, -0.25) is 9.69 Å². The number of aromatic nitrogens is 2. The number of nitrogens with one attached hydrogen (secondary N) is 3. The maximum atomic E-state index is 12.7. The maximum absolute atomic E-state index is 12.7. The van der Waals surface area contributed by atoms with E-state index in [4.69, 9.17) is 16.3 Å². The minimum atomic E-state index is -3.48. The van der Waals surface area contributed by atoms with Crippen LogP contribution < -0.4 is 20.7 Å². The van der Waals surface area contributed by atoms with Gasteiger partial charge in [0.1, 0.15) is 10.8 Å². The van der Waals surface area contributed by atoms with Crippen LogP contribution in [0.2, 0.25) is 5.02 Å². The first-order valence-corrected chi connectivity index (χ1v) is 13.9. The van der Waals surface area contributed by atoms with E-state index in [0.717, 1.165) is 12.1 Å². The number of rotatable bonds is 9. The molecule has 0 saturated carbocycles. The molecule has 2 aromatic carbocycles. The number of hydrogen-bond donors (Lipinski definition) is 3. The Morgan fingerprint density at radius 1 is 1.14 bits per heavy atom. The van der Waals surface area contributed by atoms with Crippen LogP contribution in [0.15, 0.2) is 47.5 Å². The van der Waals surface area contributed by atoms with E-state index in [9.17, 15) is 13.2 Å². The molecule has 4 rings (SSSR count). The number of hydrogen-bond acceptors (Lipinski definition) is 9. The number of ether oxygens (including phenoxy) is 1. The van der Waals surface area contributed by atoms with E-state index in [1.54, 1.807) is 37.4 Å². The summed E-state index contributed by atoms with van der Waals surface area (Å²) in [6, 6.07) is 10.3. The van der Waals surface area contributed by atoms with Gasteiger partial charge < -0.3 is 20.7 Å². The maximum Gasteiger partial charge on any atom is 0.238 e. The van der Waals surface area contributed by atoms with Crippen molar-refractivity contribution in [2.24, 2.45) is 0 Å². The predicted molar refractivity (Wildman–Crippen MR) is 145 cm³/mol. The van der Waals surface area contributed by atoms with Crippen molar-refractivity contribution in [2.45, 2.75) is 31.7 Å². The molecule has 37 heavy (non-hydrogen) atoms. The summed E-state index contributed by atoms with van der Waals surface area (Å²) < 4.78 is 31.1. The van der Waals surface area contributed by atoms with Gasteiger partial charge in [0.25, 0.3) is 0 Å². The summed E-state index contributed by atoms with van der Waals surface area (Å²) in [5.41, 5.74) is 2.52. The summed E-state index contributed by atoms with van der Waals surface area (Å²) in [5.74, 6) is 0.923. The van der Waals surface area contributed by atoms with Gasteiger partial charge in [-0.1, -0.05) is 37.6 Å². The summed E-state index contributed by atoms with van der Waals surface area (Å²) >= 11 is 6.35. The zero-order valence-corrected chi connectivity index (χ0v) is 22.4. The molecule has 1 aliphatic rings. The van der Waals surface area contributed by atoms with E-state index >= 15 is 0 Å². The van der Waals surface area contributed by atoms with E-state index in [1.165, 1.54) is 6.20 Å². The molecule has 0 spiro atoms. The fourth-order valence-corrected chi connectivity index (χ4v) is 5.67. The molecule has 3 aromatic rings. The highest BCUT2D eigenvalue weighted by Crippen LogP contribution is 2.36. The van der Waals surface area contributed by atoms with E-state index in [0.29, 0.717) is 42.3 Å². The monoisotopic (exact) mass is 544 g/mol. The summed E-state index contributed by atoms with van der Waals surface area (Å²) in [6.07, 6.45) is 1.91. The number of halogens is 1. The van der Waals surface area contributed by atoms with Crippen molar-refractivity contribution in [2.75, 3.05) is 41.9 Å². The number of methoxy groups -OCH3 is 1. The lowest BCUT2D eigenvalue weighted by atomic mass is 10.1. The molecule has 0 saturated heterocycles. The Bertz CT molecular complexity index is 1420. The number of amides is 1. The van der Waals surface area contributed by atoms with Gasteiger partial charge in [-0.25, -0.2) is 13.4 Å². The van der Waals surface area contributed by atoms with Crippen LogP contribution in [0, 0.1) is 0 Å². The fourth-order valence-electron chi connectivity index (χ4n) is 4.03. The second-order valence-corrected chi connectivity index (χ2v) is 11.0. The lowest BCUT2D eigenvalue weighted by Crippen LogP contribution is -2.29. The molecule has 0 atom stereocenters. The molecular weight excluding hydrogens is 516 g/mol. The van der Waals surface area contributed by atoms with Gasteiger partial charge in [-0.05, 0) is 42.8 Å². The fraction of sp³-hybridized carbons (Fsp3) is 0.320. The Balaban J connectivity index is 1.65. The van der Waals surface area contributed by atoms with Gasteiger partial charge in [0.15, 0.2) is 15.7 Å². The van der Waals surface area contributed by atoms with Gasteiger partial charge >= 0.3 is 0 Å². The lowest BCUT2D eigenvalue weighted by molar-refractivity contribution is -0.117. The van der Waals surface area contributed by atoms with E-state index in [-0.39, 0.29) is 33.3 Å². The standard InChI is InChI=1S/C25H29ClN6O4S/c1-4-10-37(34,35)22-9-7-6-8-18(22)29-24-17(26)13-27-25(31-24)30-20-12-19-16(11-21(20)36-3)14-32(5-2)15-23(33)28-19/h6-9,11-13H,4-5,10,14-15H2,1-3H3,(H,28,33)(H2,27,29,30,31). The average Bonchev–Trinajstić information content (AvgIpc) is 3.02. The number of nitrogens with zero attached hydrogens (tertiary/aromatic N) is 3. The molecule has 1 aliphatic heterocycles. The third-order valence-corrected chi connectivity index (χ3v) is 8.09. The summed E-state index contributed by atoms with van der Waals surface area (Å²) in [6.45, 7) is 5.47. The zero-order chi connectivity index (χ0) is 26.6. The number of carbonyl (C=O) groups excluding carboxylic acids is 1. The van der Waals surface area contributed by atoms with Gasteiger partial charge in [-0.2, -0.15) is 4.98 Å². The van der Waals surface area contributed by atoms with Crippen LogP contribution in [0.5, 0.6) is 5.75 Å². The third kappa shape index (κ3) is 6.12. The van der Waals surface area contributed by atoms with Crippen LogP contribution in [0.1, 0.15) is 25.8 Å². The second-order valence-electron chi connectivity index (χ2n) is 8.52. The van der Waals surface area contributed by atoms with Crippen molar-refractivity contribution in [1.29, 1.82) is 0 Å². The van der Waals surface area contributed by atoms with Crippen LogP contribution in [-0.4, -0.2) is 55.1 Å². The Morgan fingerprint density at radius 2 is 1.92 bits per heavy atom. The number of likely N-dealkylation sites (N-methyl/N-ethyl adjacent to an activating group) is 1. The second kappa shape index (κ2) is 11.3. The highest BCUT2D eigenvalue weighted by Gasteiger charge is 2.22. The molecule has 1 amide bonds. The van der Waals surface area contributed by atoms with Gasteiger partial charge in [0, 0.05) is 12.2 Å². The molecule has 12 heteroatoms. The van der Waals surface area contributed by atoms with E-state index in [1.807, 2.05) is 24.8 Å². The smallest absolute Gasteiger partial charge is 0.238 e. The number of para-hydroxylation sites is 1. The minimum Gasteiger partial charge on any atom is -0.495 e. The SMILES string of the molecule is CCCS(=O)(=O)c1ccccc1Nc1nc(Nc2cc3c(cc2OC)CN(CC)CC(=O)N3)ncc1Cl. The predicted octanol–water partition coefficient (Wildman–Crippen LogP) is 4.58. The Labute approximate surface area is 221 Å². The van der Waals surface area contributed by atoms with Crippen molar-refractivity contribution in [1.82, 2.24) is 14.9 Å².